The molecule has 2 amide bonds. The van der Waals surface area contributed by atoms with Gasteiger partial charge in [0.1, 0.15) is 17.1 Å². The lowest BCUT2D eigenvalue weighted by atomic mass is 10.0. The first-order valence-corrected chi connectivity index (χ1v) is 14.0. The largest absolute Gasteiger partial charge is 0.448 e. The summed E-state index contributed by atoms with van der Waals surface area (Å²) in [6.07, 6.45) is 1.12. The Morgan fingerprint density at radius 1 is 1.11 bits per heavy atom. The van der Waals surface area contributed by atoms with E-state index in [0.717, 1.165) is 21.0 Å². The van der Waals surface area contributed by atoms with E-state index in [9.17, 15) is 14.4 Å². The average molecular weight is 566 g/mol. The van der Waals surface area contributed by atoms with Crippen LogP contribution < -0.4 is 5.32 Å². The number of allylic oxidation sites excluding steroid dienone is 1. The van der Waals surface area contributed by atoms with Gasteiger partial charge in [-0.1, -0.05) is 84.0 Å². The number of hydrogen-bond donors (Lipinski definition) is 1. The Kier molecular flexibility index (Phi) is 7.69. The second-order valence-corrected chi connectivity index (χ2v) is 11.5. The number of hydrogen-bond acceptors (Lipinski definition) is 7. The number of carbonyl (C=O) groups is 3. The molecule has 194 valence electrons. The zero-order chi connectivity index (χ0) is 26.8. The van der Waals surface area contributed by atoms with Gasteiger partial charge in [-0.05, 0) is 30.5 Å². The number of aryl methyl sites for hydroxylation is 1. The molecule has 2 atom stereocenters. The third kappa shape index (κ3) is 5.14. The molecule has 1 unspecified atom stereocenters. The summed E-state index contributed by atoms with van der Waals surface area (Å²) in [6, 6.07) is 18.1. The normalized spacial score (nSPS) is 19.8. The number of halogens is 1. The summed E-state index contributed by atoms with van der Waals surface area (Å²) in [7, 11) is 0. The Bertz CT molecular complexity index is 1400. The van der Waals surface area contributed by atoms with Crippen LogP contribution in [0, 0.1) is 6.92 Å². The number of aromatic nitrogens is 1. The van der Waals surface area contributed by atoms with E-state index < -0.39 is 23.5 Å². The van der Waals surface area contributed by atoms with Gasteiger partial charge in [0.2, 0.25) is 5.91 Å². The summed E-state index contributed by atoms with van der Waals surface area (Å²) >= 11 is 8.88. The van der Waals surface area contributed by atoms with Gasteiger partial charge in [-0.25, -0.2) is 9.78 Å². The second kappa shape index (κ2) is 11.1. The minimum atomic E-state index is -0.789. The van der Waals surface area contributed by atoms with Crippen LogP contribution in [0.4, 0.5) is 0 Å². The molecule has 3 aromatic rings. The highest BCUT2D eigenvalue weighted by molar-refractivity contribution is 8.04. The van der Waals surface area contributed by atoms with E-state index in [1.807, 2.05) is 67.6 Å². The number of thiazole rings is 1. The molecule has 1 fully saturated rings. The molecule has 0 bridgehead atoms. The number of nitrogens with zero attached hydrogens (tertiary/aromatic N) is 2. The van der Waals surface area contributed by atoms with Crippen molar-refractivity contribution in [2.24, 2.45) is 0 Å². The van der Waals surface area contributed by atoms with E-state index in [0.29, 0.717) is 10.5 Å². The van der Waals surface area contributed by atoms with Gasteiger partial charge in [-0.15, -0.1) is 11.3 Å². The maximum absolute atomic E-state index is 13.7. The molecular formula is C28H24ClN3O4S2. The van der Waals surface area contributed by atoms with Crippen LogP contribution in [0.2, 0.25) is 0 Å². The summed E-state index contributed by atoms with van der Waals surface area (Å²) < 4.78 is 6.06. The number of nitrogens with one attached hydrogen (secondary N) is 1. The van der Waals surface area contributed by atoms with E-state index in [1.165, 1.54) is 33.5 Å². The van der Waals surface area contributed by atoms with Gasteiger partial charge >= 0.3 is 5.97 Å². The van der Waals surface area contributed by atoms with Crippen molar-refractivity contribution in [2.45, 2.75) is 37.8 Å². The Balaban J connectivity index is 1.38. The Hall–Kier alpha value is -3.40. The summed E-state index contributed by atoms with van der Waals surface area (Å²) in [4.78, 5) is 46.7. The zero-order valence-corrected chi connectivity index (χ0v) is 23.0. The molecule has 2 aliphatic heterocycles. The van der Waals surface area contributed by atoms with E-state index in [-0.39, 0.29) is 23.9 Å². The first-order valence-electron chi connectivity index (χ1n) is 11.9. The third-order valence-electron chi connectivity index (χ3n) is 6.30. The molecule has 0 radical (unpaired) electrons. The molecule has 1 saturated heterocycles. The fourth-order valence-electron chi connectivity index (χ4n) is 4.45. The number of ether oxygens (including phenoxy) is 1. The van der Waals surface area contributed by atoms with E-state index in [2.05, 4.69) is 10.3 Å². The molecule has 0 saturated carbocycles. The maximum Gasteiger partial charge on any atom is 0.356 e. The minimum Gasteiger partial charge on any atom is -0.448 e. The molecule has 10 heteroatoms. The van der Waals surface area contributed by atoms with Crippen LogP contribution in [0.1, 0.15) is 34.0 Å². The number of fused-ring (bicyclic) bond motifs is 1. The molecule has 2 aliphatic rings. The quantitative estimate of drug-likeness (QED) is 0.317. The standard InChI is InChI=1S/C28H24ClN3O4S2/c1-16-21(14-29)38-27-23(31-22(33)13-20-15-30-17(2)37-20)26(34)32(27)24(16)28(35)36-25(18-9-5-3-6-10-18)19-11-7-4-8-12-19/h3-12,14-15,23,25,27H,13H2,1-2H3,(H,31,33)/t23?,27-/m1/s1. The highest BCUT2D eigenvalue weighted by Gasteiger charge is 2.55. The summed E-state index contributed by atoms with van der Waals surface area (Å²) in [6.45, 7) is 3.60. The number of β-lactam (4-membered cyclic amide) rings is 1. The lowest BCUT2D eigenvalue weighted by Gasteiger charge is -2.50. The van der Waals surface area contributed by atoms with Gasteiger partial charge in [0.25, 0.3) is 5.91 Å². The van der Waals surface area contributed by atoms with Crippen LogP contribution in [0.3, 0.4) is 0 Å². The van der Waals surface area contributed by atoms with E-state index in [4.69, 9.17) is 16.3 Å². The zero-order valence-electron chi connectivity index (χ0n) is 20.6. The highest BCUT2D eigenvalue weighted by Crippen LogP contribution is 2.47. The topological polar surface area (TPSA) is 88.6 Å². The predicted molar refractivity (Wildman–Crippen MR) is 148 cm³/mol. The van der Waals surface area contributed by atoms with Crippen molar-refractivity contribution in [1.82, 2.24) is 15.2 Å². The van der Waals surface area contributed by atoms with Crippen molar-refractivity contribution < 1.29 is 19.1 Å². The predicted octanol–water partition coefficient (Wildman–Crippen LogP) is 5.08. The Morgan fingerprint density at radius 3 is 2.29 bits per heavy atom. The molecule has 2 aromatic carbocycles. The van der Waals surface area contributed by atoms with Crippen molar-refractivity contribution in [2.75, 3.05) is 0 Å². The smallest absolute Gasteiger partial charge is 0.356 e. The fourth-order valence-corrected chi connectivity index (χ4v) is 6.78. The van der Waals surface area contributed by atoms with Crippen LogP contribution in [-0.4, -0.2) is 39.1 Å². The first-order chi connectivity index (χ1) is 18.4. The van der Waals surface area contributed by atoms with Crippen LogP contribution in [0.15, 0.2) is 88.6 Å². The van der Waals surface area contributed by atoms with Gasteiger partial charge in [-0.2, -0.15) is 0 Å². The van der Waals surface area contributed by atoms with Crippen molar-refractivity contribution in [3.05, 3.63) is 110 Å². The average Bonchev–Trinajstić information content (AvgIpc) is 3.35. The van der Waals surface area contributed by atoms with Crippen LogP contribution in [0.5, 0.6) is 0 Å². The van der Waals surface area contributed by atoms with Gasteiger partial charge < -0.3 is 10.1 Å². The van der Waals surface area contributed by atoms with Gasteiger partial charge in [0.05, 0.1) is 11.4 Å². The minimum absolute atomic E-state index is 0.129. The molecule has 1 aromatic heterocycles. The molecule has 38 heavy (non-hydrogen) atoms. The molecule has 5 rings (SSSR count). The Morgan fingerprint density at radius 2 is 1.74 bits per heavy atom. The number of thioether (sulfide) groups is 1. The summed E-state index contributed by atoms with van der Waals surface area (Å²) in [5, 5.41) is 3.17. The number of amides is 2. The lowest BCUT2D eigenvalue weighted by Crippen LogP contribution is -2.70. The van der Waals surface area contributed by atoms with Gasteiger partial charge in [0.15, 0.2) is 6.10 Å². The number of rotatable bonds is 7. The number of benzene rings is 2. The third-order valence-corrected chi connectivity index (χ3v) is 8.96. The van der Waals surface area contributed by atoms with Gasteiger partial charge in [-0.3, -0.25) is 14.5 Å². The summed E-state index contributed by atoms with van der Waals surface area (Å²) in [5.74, 6) is -1.29. The molecule has 3 heterocycles. The summed E-state index contributed by atoms with van der Waals surface area (Å²) in [5.41, 5.74) is 3.67. The van der Waals surface area contributed by atoms with E-state index >= 15 is 0 Å². The Labute approximate surface area is 233 Å². The number of esters is 1. The van der Waals surface area contributed by atoms with Crippen LogP contribution >= 0.6 is 34.7 Å². The van der Waals surface area contributed by atoms with Crippen LogP contribution in [0.25, 0.3) is 0 Å². The lowest BCUT2D eigenvalue weighted by molar-refractivity contribution is -0.154. The van der Waals surface area contributed by atoms with Crippen molar-refractivity contribution in [1.29, 1.82) is 0 Å². The fraction of sp³-hybridized carbons (Fsp3) is 0.214. The molecule has 0 aliphatic carbocycles. The van der Waals surface area contributed by atoms with Crippen molar-refractivity contribution in [3.8, 4) is 0 Å². The SMILES string of the molecule is CC1=C(C(=O)OC(c2ccccc2)c2ccccc2)N2C(=O)C(NC(=O)Cc3cnc(C)s3)[C@H]2SC1=CCl. The van der Waals surface area contributed by atoms with E-state index in [1.54, 1.807) is 13.1 Å². The van der Waals surface area contributed by atoms with Gasteiger partial charge in [0, 0.05) is 21.5 Å². The molecular weight excluding hydrogens is 542 g/mol. The highest BCUT2D eigenvalue weighted by atomic mass is 35.5. The van der Waals surface area contributed by atoms with Crippen molar-refractivity contribution >= 4 is 52.5 Å². The second-order valence-electron chi connectivity index (χ2n) is 8.84. The molecule has 7 nitrogen and oxygen atoms in total. The van der Waals surface area contributed by atoms with Crippen molar-refractivity contribution in [3.63, 3.8) is 0 Å². The monoisotopic (exact) mass is 565 g/mol. The molecule has 1 N–H and O–H groups in total. The first kappa shape index (κ1) is 26.2. The van der Waals surface area contributed by atoms with Crippen LogP contribution in [-0.2, 0) is 25.5 Å². The number of carbonyl (C=O) groups excluding carboxylic acids is 3. The maximum atomic E-state index is 13.7. The molecule has 0 spiro atoms.